The first-order valence-corrected chi connectivity index (χ1v) is 13.4. The molecule has 1 aliphatic heterocycles. The van der Waals surface area contributed by atoms with Gasteiger partial charge in [0.05, 0.1) is 6.04 Å². The molecule has 11 heteroatoms. The van der Waals surface area contributed by atoms with Crippen molar-refractivity contribution in [2.75, 3.05) is 6.54 Å². The maximum Gasteiger partial charge on any atom is 0.243 e. The summed E-state index contributed by atoms with van der Waals surface area (Å²) in [5, 5.41) is 28.9. The van der Waals surface area contributed by atoms with Crippen LogP contribution in [0.25, 0.3) is 10.8 Å². The molecule has 1 unspecified atom stereocenters. The summed E-state index contributed by atoms with van der Waals surface area (Å²) in [5.74, 6) is -1.60. The summed E-state index contributed by atoms with van der Waals surface area (Å²) in [5.41, 5.74) is 7.34. The molecule has 1 saturated heterocycles. The minimum absolute atomic E-state index is 0. The number of aliphatic hydroxyl groups excluding tert-OH is 1. The molecule has 7 N–H and O–H groups in total. The van der Waals surface area contributed by atoms with Gasteiger partial charge in [-0.25, -0.2) is 0 Å². The molecule has 0 aromatic heterocycles. The lowest BCUT2D eigenvalue weighted by Crippen LogP contribution is -2.61. The van der Waals surface area contributed by atoms with E-state index in [2.05, 4.69) is 16.0 Å². The molecule has 1 heterocycles. The van der Waals surface area contributed by atoms with Crippen LogP contribution in [0.1, 0.15) is 30.9 Å². The van der Waals surface area contributed by atoms with E-state index >= 15 is 0 Å². The first kappa shape index (κ1) is 31.4. The van der Waals surface area contributed by atoms with Gasteiger partial charge < -0.3 is 31.7 Å². The van der Waals surface area contributed by atoms with Gasteiger partial charge in [-0.3, -0.25) is 19.8 Å². The third kappa shape index (κ3) is 8.18. The van der Waals surface area contributed by atoms with Gasteiger partial charge in [-0.15, -0.1) is 12.4 Å². The summed E-state index contributed by atoms with van der Waals surface area (Å²) in [6.07, 6.45) is 0.409. The van der Waals surface area contributed by atoms with Crippen molar-refractivity contribution >= 4 is 46.9 Å². The second kappa shape index (κ2) is 14.5. The van der Waals surface area contributed by atoms with Gasteiger partial charge in [0.2, 0.25) is 17.7 Å². The standard InChI is InChI=1S/C30H36N6O4.ClH/c1-19(37)33-25(17-20-9-3-2-4-10-20)27(38)35-26(18-22-13-7-12-21-11-5-6-14-23(21)22)28(39)34-24-15-8-16-36(29(24)40)30(31)32;/h2-7,9-14,24-26,29,40H,8,15-18H2,1H3,(H3,31,32)(H,33,37)(H,34,39)(H,35,38);1H/t24-,25+,26-,29?;/m0./s1. The van der Waals surface area contributed by atoms with E-state index in [-0.39, 0.29) is 37.1 Å². The number of carbonyl (C=O) groups is 3. The van der Waals surface area contributed by atoms with E-state index < -0.39 is 36.2 Å². The van der Waals surface area contributed by atoms with Gasteiger partial charge in [0.15, 0.2) is 5.96 Å². The number of hydrogen-bond donors (Lipinski definition) is 6. The molecule has 10 nitrogen and oxygen atoms in total. The number of rotatable bonds is 9. The van der Waals surface area contributed by atoms with Crippen molar-refractivity contribution in [3.8, 4) is 0 Å². The number of nitrogens with one attached hydrogen (secondary N) is 4. The van der Waals surface area contributed by atoms with Crippen molar-refractivity contribution in [3.63, 3.8) is 0 Å². The van der Waals surface area contributed by atoms with Gasteiger partial charge in [0.25, 0.3) is 0 Å². The van der Waals surface area contributed by atoms with Crippen LogP contribution in [0, 0.1) is 5.41 Å². The zero-order chi connectivity index (χ0) is 28.6. The number of likely N-dealkylation sites (tertiary alicyclic amines) is 1. The lowest BCUT2D eigenvalue weighted by molar-refractivity contribution is -0.132. The Morgan fingerprint density at radius 1 is 0.951 bits per heavy atom. The topological polar surface area (TPSA) is 161 Å². The van der Waals surface area contributed by atoms with Gasteiger partial charge in [0, 0.05) is 26.3 Å². The summed E-state index contributed by atoms with van der Waals surface area (Å²) in [6.45, 7) is 1.76. The highest BCUT2D eigenvalue weighted by atomic mass is 35.5. The van der Waals surface area contributed by atoms with Gasteiger partial charge in [0.1, 0.15) is 18.3 Å². The molecule has 0 radical (unpaired) electrons. The van der Waals surface area contributed by atoms with Crippen molar-refractivity contribution < 1.29 is 19.5 Å². The Morgan fingerprint density at radius 3 is 2.32 bits per heavy atom. The zero-order valence-corrected chi connectivity index (χ0v) is 23.7. The Morgan fingerprint density at radius 2 is 1.61 bits per heavy atom. The van der Waals surface area contributed by atoms with Crippen LogP contribution in [0.5, 0.6) is 0 Å². The molecule has 0 bridgehead atoms. The molecule has 0 spiro atoms. The fourth-order valence-electron chi connectivity index (χ4n) is 5.15. The number of nitrogens with two attached hydrogens (primary N) is 1. The largest absolute Gasteiger partial charge is 0.371 e. The van der Waals surface area contributed by atoms with Gasteiger partial charge >= 0.3 is 0 Å². The second-order valence-electron chi connectivity index (χ2n) is 10.1. The summed E-state index contributed by atoms with van der Waals surface area (Å²) in [4.78, 5) is 40.5. The lowest BCUT2D eigenvalue weighted by atomic mass is 9.97. The Kier molecular flexibility index (Phi) is 11.1. The minimum atomic E-state index is -1.16. The Labute approximate surface area is 245 Å². The third-order valence-corrected chi connectivity index (χ3v) is 7.14. The number of piperidine rings is 1. The summed E-state index contributed by atoms with van der Waals surface area (Å²) in [6, 6.07) is 20.4. The molecule has 1 aliphatic rings. The molecular weight excluding hydrogens is 544 g/mol. The lowest BCUT2D eigenvalue weighted by Gasteiger charge is -2.39. The van der Waals surface area contributed by atoms with Crippen molar-refractivity contribution in [2.24, 2.45) is 5.73 Å². The number of halogens is 1. The number of aliphatic hydroxyl groups is 1. The van der Waals surface area contributed by atoms with Crippen LogP contribution in [-0.4, -0.2) is 64.6 Å². The first-order valence-electron chi connectivity index (χ1n) is 13.4. The number of nitrogens with zero attached hydrogens (tertiary/aromatic N) is 1. The molecule has 3 amide bonds. The average Bonchev–Trinajstić information content (AvgIpc) is 2.93. The van der Waals surface area contributed by atoms with Crippen LogP contribution >= 0.6 is 12.4 Å². The normalized spacial score (nSPS) is 18.0. The number of carbonyl (C=O) groups excluding carboxylic acids is 3. The van der Waals surface area contributed by atoms with Crippen LogP contribution in [0.2, 0.25) is 0 Å². The second-order valence-corrected chi connectivity index (χ2v) is 10.1. The SMILES string of the molecule is CC(=O)N[C@H](Cc1ccccc1)C(=O)N[C@@H](Cc1cccc2ccccc12)C(=O)N[C@H]1CCCN(C(=N)N)C1O.Cl. The first-order chi connectivity index (χ1) is 19.2. The Bertz CT molecular complexity index is 1370. The highest BCUT2D eigenvalue weighted by molar-refractivity contribution is 5.93. The Balaban J connectivity index is 0.00000462. The molecule has 41 heavy (non-hydrogen) atoms. The minimum Gasteiger partial charge on any atom is -0.371 e. The van der Waals surface area contributed by atoms with E-state index in [1.165, 1.54) is 11.8 Å². The molecular formula is C30H37ClN6O4. The number of guanidine groups is 1. The van der Waals surface area contributed by atoms with E-state index in [0.717, 1.165) is 21.9 Å². The summed E-state index contributed by atoms with van der Waals surface area (Å²) in [7, 11) is 0. The van der Waals surface area contributed by atoms with Crippen molar-refractivity contribution in [2.45, 2.75) is 57.0 Å². The molecule has 0 saturated carbocycles. The number of fused-ring (bicyclic) bond motifs is 1. The van der Waals surface area contributed by atoms with E-state index in [4.69, 9.17) is 11.1 Å². The maximum atomic E-state index is 13.7. The average molecular weight is 581 g/mol. The monoisotopic (exact) mass is 580 g/mol. The summed E-state index contributed by atoms with van der Waals surface area (Å²) < 4.78 is 0. The molecule has 0 aliphatic carbocycles. The van der Waals surface area contributed by atoms with Gasteiger partial charge in [-0.1, -0.05) is 72.8 Å². The van der Waals surface area contributed by atoms with Crippen molar-refractivity contribution in [3.05, 3.63) is 83.9 Å². The number of benzene rings is 3. The smallest absolute Gasteiger partial charge is 0.243 e. The molecule has 4 rings (SSSR count). The van der Waals surface area contributed by atoms with Gasteiger partial charge in [-0.05, 0) is 34.7 Å². The predicted octanol–water partition coefficient (Wildman–Crippen LogP) is 1.83. The zero-order valence-electron chi connectivity index (χ0n) is 22.9. The quantitative estimate of drug-likeness (QED) is 0.167. The fourth-order valence-corrected chi connectivity index (χ4v) is 5.15. The third-order valence-electron chi connectivity index (χ3n) is 7.14. The Hall–Kier alpha value is -4.15. The van der Waals surface area contributed by atoms with Gasteiger partial charge in [-0.2, -0.15) is 0 Å². The highest BCUT2D eigenvalue weighted by Crippen LogP contribution is 2.21. The number of amides is 3. The van der Waals surface area contributed by atoms with Crippen LogP contribution in [0.3, 0.4) is 0 Å². The van der Waals surface area contributed by atoms with Crippen LogP contribution in [0.15, 0.2) is 72.8 Å². The van der Waals surface area contributed by atoms with E-state index in [1.54, 1.807) is 0 Å². The molecule has 218 valence electrons. The predicted molar refractivity (Wildman–Crippen MR) is 160 cm³/mol. The number of hydrogen-bond acceptors (Lipinski definition) is 5. The van der Waals surface area contributed by atoms with E-state index in [9.17, 15) is 19.5 Å². The van der Waals surface area contributed by atoms with E-state index in [1.807, 2.05) is 72.8 Å². The highest BCUT2D eigenvalue weighted by Gasteiger charge is 2.34. The van der Waals surface area contributed by atoms with Crippen LogP contribution in [0.4, 0.5) is 0 Å². The molecule has 1 fully saturated rings. The molecule has 4 atom stereocenters. The molecule has 3 aromatic carbocycles. The molecule has 3 aromatic rings. The summed E-state index contributed by atoms with van der Waals surface area (Å²) >= 11 is 0. The van der Waals surface area contributed by atoms with Crippen LogP contribution < -0.4 is 21.7 Å². The maximum absolute atomic E-state index is 13.7. The van der Waals surface area contributed by atoms with Crippen molar-refractivity contribution in [1.29, 1.82) is 5.41 Å². The fraction of sp³-hybridized carbons (Fsp3) is 0.333. The van der Waals surface area contributed by atoms with Crippen LogP contribution in [-0.2, 0) is 27.2 Å². The van der Waals surface area contributed by atoms with E-state index in [0.29, 0.717) is 19.4 Å². The van der Waals surface area contributed by atoms with Crippen molar-refractivity contribution in [1.82, 2.24) is 20.9 Å².